The largest absolute Gasteiger partial charge is 0.496 e. The van der Waals surface area contributed by atoms with Gasteiger partial charge in [-0.25, -0.2) is 0 Å². The summed E-state index contributed by atoms with van der Waals surface area (Å²) < 4.78 is 10.1. The highest BCUT2D eigenvalue weighted by Crippen LogP contribution is 2.24. The first-order valence-corrected chi connectivity index (χ1v) is 5.52. The second kappa shape index (κ2) is 5.16. The summed E-state index contributed by atoms with van der Waals surface area (Å²) in [6.07, 6.45) is -0.925. The van der Waals surface area contributed by atoms with E-state index in [-0.39, 0.29) is 12.4 Å². The number of aromatic nitrogens is 2. The van der Waals surface area contributed by atoms with Crippen molar-refractivity contribution in [1.29, 1.82) is 0 Å². The Bertz CT molecular complexity index is 539. The van der Waals surface area contributed by atoms with Crippen LogP contribution in [-0.4, -0.2) is 28.9 Å². The van der Waals surface area contributed by atoms with Gasteiger partial charge in [0.1, 0.15) is 11.9 Å². The average Bonchev–Trinajstić information content (AvgIpc) is 2.87. The van der Waals surface area contributed by atoms with Gasteiger partial charge in [-0.1, -0.05) is 5.16 Å². The number of aliphatic hydroxyl groups excluding tert-OH is 1. The number of aliphatic hydroxyl groups is 1. The molecule has 3 N–H and O–H groups in total. The molecule has 0 saturated heterocycles. The lowest BCUT2D eigenvalue weighted by atomic mass is 10.1. The summed E-state index contributed by atoms with van der Waals surface area (Å²) in [5.74, 6) is 1.34. The number of aryl methyl sites for hydroxylation is 1. The molecular weight excluding hydrogens is 234 g/mol. The Morgan fingerprint density at radius 2 is 2.28 bits per heavy atom. The fourth-order valence-corrected chi connectivity index (χ4v) is 1.61. The smallest absolute Gasteiger partial charge is 0.257 e. The zero-order chi connectivity index (χ0) is 13.1. The third-order valence-electron chi connectivity index (χ3n) is 2.60. The van der Waals surface area contributed by atoms with Crippen LogP contribution in [0.5, 0.6) is 5.75 Å². The van der Waals surface area contributed by atoms with Gasteiger partial charge < -0.3 is 20.1 Å². The Balaban J connectivity index is 2.31. The lowest BCUT2D eigenvalue weighted by molar-refractivity contribution is 0.141. The number of benzene rings is 1. The molecule has 1 aromatic carbocycles. The zero-order valence-electron chi connectivity index (χ0n) is 10.3. The maximum atomic E-state index is 9.49. The Labute approximate surface area is 104 Å². The molecule has 6 heteroatoms. The first kappa shape index (κ1) is 12.5. The number of methoxy groups -OCH3 is 1. The summed E-state index contributed by atoms with van der Waals surface area (Å²) in [6.45, 7) is 1.97. The van der Waals surface area contributed by atoms with Gasteiger partial charge >= 0.3 is 0 Å². The van der Waals surface area contributed by atoms with E-state index < -0.39 is 6.10 Å². The minimum Gasteiger partial charge on any atom is -0.496 e. The van der Waals surface area contributed by atoms with Gasteiger partial charge in [0.2, 0.25) is 5.82 Å². The Morgan fingerprint density at radius 3 is 2.89 bits per heavy atom. The van der Waals surface area contributed by atoms with E-state index in [1.54, 1.807) is 7.11 Å². The van der Waals surface area contributed by atoms with Crippen molar-refractivity contribution in [2.45, 2.75) is 13.0 Å². The van der Waals surface area contributed by atoms with E-state index >= 15 is 0 Å². The van der Waals surface area contributed by atoms with Crippen LogP contribution >= 0.6 is 0 Å². The maximum absolute atomic E-state index is 9.49. The number of ether oxygens (including phenoxy) is 1. The SMILES string of the molecule is COc1ccc(-c2noc([C@@H](O)CN)n2)cc1C. The summed E-state index contributed by atoms with van der Waals surface area (Å²) in [6, 6.07) is 5.55. The number of hydrogen-bond acceptors (Lipinski definition) is 6. The molecule has 1 heterocycles. The van der Waals surface area contributed by atoms with Gasteiger partial charge in [-0.3, -0.25) is 0 Å². The second-order valence-electron chi connectivity index (χ2n) is 3.89. The number of nitrogens with two attached hydrogens (primary N) is 1. The van der Waals surface area contributed by atoms with Crippen LogP contribution in [0.4, 0.5) is 0 Å². The van der Waals surface area contributed by atoms with Gasteiger partial charge in [0.15, 0.2) is 0 Å². The fourth-order valence-electron chi connectivity index (χ4n) is 1.61. The van der Waals surface area contributed by atoms with Gasteiger partial charge in [0.25, 0.3) is 5.89 Å². The highest BCUT2D eigenvalue weighted by atomic mass is 16.5. The molecule has 0 unspecified atom stereocenters. The van der Waals surface area contributed by atoms with Crippen LogP contribution in [0.25, 0.3) is 11.4 Å². The minimum atomic E-state index is -0.925. The van der Waals surface area contributed by atoms with Crippen molar-refractivity contribution in [3.8, 4) is 17.1 Å². The molecule has 1 aromatic heterocycles. The Morgan fingerprint density at radius 1 is 1.50 bits per heavy atom. The molecule has 6 nitrogen and oxygen atoms in total. The summed E-state index contributed by atoms with van der Waals surface area (Å²) in [7, 11) is 1.62. The predicted octanol–water partition coefficient (Wildman–Crippen LogP) is 1.05. The molecule has 0 aliphatic carbocycles. The summed E-state index contributed by atoms with van der Waals surface area (Å²) in [5.41, 5.74) is 7.09. The van der Waals surface area contributed by atoms with Gasteiger partial charge in [-0.2, -0.15) is 4.98 Å². The monoisotopic (exact) mass is 249 g/mol. The molecule has 0 saturated carbocycles. The minimum absolute atomic E-state index is 0.0449. The highest BCUT2D eigenvalue weighted by Gasteiger charge is 2.15. The van der Waals surface area contributed by atoms with Crippen LogP contribution in [0, 0.1) is 6.92 Å². The van der Waals surface area contributed by atoms with Crippen molar-refractivity contribution >= 4 is 0 Å². The standard InChI is InChI=1S/C12H15N3O3/c1-7-5-8(3-4-10(7)17-2)11-14-12(18-15-11)9(16)6-13/h3-5,9,16H,6,13H2,1-2H3/t9-/m0/s1. The quantitative estimate of drug-likeness (QED) is 0.840. The summed E-state index contributed by atoms with van der Waals surface area (Å²) >= 11 is 0. The molecule has 18 heavy (non-hydrogen) atoms. The van der Waals surface area contributed by atoms with Crippen LogP contribution in [0.15, 0.2) is 22.7 Å². The lowest BCUT2D eigenvalue weighted by Crippen LogP contribution is -2.11. The van der Waals surface area contributed by atoms with Crippen LogP contribution in [0.3, 0.4) is 0 Å². The highest BCUT2D eigenvalue weighted by molar-refractivity contribution is 5.58. The van der Waals surface area contributed by atoms with Crippen molar-refractivity contribution in [1.82, 2.24) is 10.1 Å². The van der Waals surface area contributed by atoms with Crippen molar-refractivity contribution < 1.29 is 14.4 Å². The van der Waals surface area contributed by atoms with Gasteiger partial charge in [0, 0.05) is 12.1 Å². The van der Waals surface area contributed by atoms with Crippen LogP contribution in [0.2, 0.25) is 0 Å². The molecule has 1 atom stereocenters. The average molecular weight is 249 g/mol. The van der Waals surface area contributed by atoms with Crippen LogP contribution in [0.1, 0.15) is 17.6 Å². The molecule has 2 aromatic rings. The third kappa shape index (κ3) is 2.34. The van der Waals surface area contributed by atoms with Crippen molar-refractivity contribution in [3.05, 3.63) is 29.7 Å². The Hall–Kier alpha value is -1.92. The molecule has 0 amide bonds. The summed E-state index contributed by atoms with van der Waals surface area (Å²) in [5, 5.41) is 13.3. The van der Waals surface area contributed by atoms with Crippen molar-refractivity contribution in [2.24, 2.45) is 5.73 Å². The van der Waals surface area contributed by atoms with E-state index in [1.165, 1.54) is 0 Å². The first-order chi connectivity index (χ1) is 8.65. The number of nitrogens with zero attached hydrogens (tertiary/aromatic N) is 2. The van der Waals surface area contributed by atoms with Gasteiger partial charge in [0.05, 0.1) is 7.11 Å². The zero-order valence-corrected chi connectivity index (χ0v) is 10.3. The van der Waals surface area contributed by atoms with Gasteiger partial charge in [-0.15, -0.1) is 0 Å². The maximum Gasteiger partial charge on any atom is 0.257 e. The molecule has 0 bridgehead atoms. The molecule has 2 rings (SSSR count). The van der Waals surface area contributed by atoms with E-state index in [0.29, 0.717) is 5.82 Å². The molecule has 96 valence electrons. The molecule has 0 fully saturated rings. The molecule has 0 aliphatic heterocycles. The second-order valence-corrected chi connectivity index (χ2v) is 3.89. The summed E-state index contributed by atoms with van der Waals surface area (Å²) in [4.78, 5) is 4.10. The molecular formula is C12H15N3O3. The fraction of sp³-hybridized carbons (Fsp3) is 0.333. The lowest BCUT2D eigenvalue weighted by Gasteiger charge is -2.04. The van der Waals surface area contributed by atoms with E-state index in [0.717, 1.165) is 16.9 Å². The Kier molecular flexibility index (Phi) is 3.59. The predicted molar refractivity (Wildman–Crippen MR) is 65.0 cm³/mol. The van der Waals surface area contributed by atoms with E-state index in [9.17, 15) is 5.11 Å². The normalized spacial score (nSPS) is 12.4. The number of hydrogen-bond donors (Lipinski definition) is 2. The van der Waals surface area contributed by atoms with Crippen LogP contribution in [-0.2, 0) is 0 Å². The van der Waals surface area contributed by atoms with Crippen molar-refractivity contribution in [3.63, 3.8) is 0 Å². The van der Waals surface area contributed by atoms with E-state index in [2.05, 4.69) is 10.1 Å². The molecule has 0 radical (unpaired) electrons. The molecule has 0 spiro atoms. The molecule has 0 aliphatic rings. The van der Waals surface area contributed by atoms with Gasteiger partial charge in [-0.05, 0) is 30.7 Å². The number of rotatable bonds is 4. The van der Waals surface area contributed by atoms with E-state index in [1.807, 2.05) is 25.1 Å². The topological polar surface area (TPSA) is 94.4 Å². The van der Waals surface area contributed by atoms with E-state index in [4.69, 9.17) is 15.0 Å². The van der Waals surface area contributed by atoms with Crippen LogP contribution < -0.4 is 10.5 Å². The third-order valence-corrected chi connectivity index (χ3v) is 2.60. The first-order valence-electron chi connectivity index (χ1n) is 5.52. The van der Waals surface area contributed by atoms with Crippen molar-refractivity contribution in [2.75, 3.05) is 13.7 Å².